The van der Waals surface area contributed by atoms with Crippen LogP contribution in [0.1, 0.15) is 24.0 Å². The van der Waals surface area contributed by atoms with Crippen LogP contribution in [0.15, 0.2) is 77.9 Å². The van der Waals surface area contributed by atoms with Crippen molar-refractivity contribution in [1.82, 2.24) is 29.9 Å². The van der Waals surface area contributed by atoms with Crippen LogP contribution in [0.5, 0.6) is 5.88 Å². The molecule has 1 aliphatic heterocycles. The Kier molecular flexibility index (Phi) is 10.4. The van der Waals surface area contributed by atoms with Gasteiger partial charge in [-0.15, -0.1) is 0 Å². The summed E-state index contributed by atoms with van der Waals surface area (Å²) in [5.74, 6) is 0.592. The highest BCUT2D eigenvalue weighted by Crippen LogP contribution is 2.42. The van der Waals surface area contributed by atoms with E-state index < -0.39 is 0 Å². The van der Waals surface area contributed by atoms with Gasteiger partial charge in [-0.25, -0.2) is 9.97 Å². The predicted octanol–water partition coefficient (Wildman–Crippen LogP) is 5.16. The summed E-state index contributed by atoms with van der Waals surface area (Å²) < 4.78 is 7.19. The fraction of sp³-hybridized carbons (Fsp3) is 0.278. The molecule has 0 aliphatic carbocycles. The van der Waals surface area contributed by atoms with E-state index in [1.165, 1.54) is 0 Å². The highest BCUT2D eigenvalue weighted by molar-refractivity contribution is 6.39. The van der Waals surface area contributed by atoms with E-state index in [2.05, 4.69) is 15.6 Å². The lowest BCUT2D eigenvalue weighted by Gasteiger charge is -2.16. The second-order valence-corrected chi connectivity index (χ2v) is 12.6. The topological polar surface area (TPSA) is 127 Å². The Balaban J connectivity index is 1.27. The quantitative estimate of drug-likeness (QED) is 0.164. The minimum atomic E-state index is -0.118. The minimum absolute atomic E-state index is 0.0958. The maximum absolute atomic E-state index is 13.2. The van der Waals surface area contributed by atoms with Gasteiger partial charge in [0.25, 0.3) is 5.56 Å². The summed E-state index contributed by atoms with van der Waals surface area (Å²) in [5.41, 5.74) is 12.1. The lowest BCUT2D eigenvalue weighted by Crippen LogP contribution is -2.35. The summed E-state index contributed by atoms with van der Waals surface area (Å²) in [6.07, 6.45) is 4.76. The third-order valence-corrected chi connectivity index (χ3v) is 9.34. The third kappa shape index (κ3) is 7.08. The Morgan fingerprint density at radius 3 is 2.46 bits per heavy atom. The fourth-order valence-corrected chi connectivity index (χ4v) is 6.68. The molecular formula is C36H37Cl2N7O3. The third-order valence-electron chi connectivity index (χ3n) is 8.53. The molecule has 4 N–H and O–H groups in total. The van der Waals surface area contributed by atoms with Crippen LogP contribution in [0.25, 0.3) is 39.2 Å². The van der Waals surface area contributed by atoms with Crippen LogP contribution in [0.3, 0.4) is 0 Å². The molecule has 6 rings (SSSR count). The molecule has 1 saturated heterocycles. The van der Waals surface area contributed by atoms with Crippen LogP contribution in [0.4, 0.5) is 0 Å². The van der Waals surface area contributed by atoms with E-state index in [1.54, 1.807) is 23.9 Å². The molecule has 0 unspecified atom stereocenters. The maximum Gasteiger partial charge on any atom is 0.262 e. The first-order valence-corrected chi connectivity index (χ1v) is 16.5. The number of nitrogens with zero attached hydrogens (tertiary/aromatic N) is 4. The standard InChI is InChI=1S/C36H37Cl2N7O3/c1-44(16-14-39)21-24-19-41-31-17-22(13-15-45(31)36(24)47)26-5-3-6-27(33(26)37)28-7-4-8-29(34(28)38)30-11-9-23(35(43-30)48-2)18-40-20-25-10-12-32(46)42-25/h3-9,11,13,15,17,19,25,40H,10,12,14,16,18,20-21,39H2,1-2H3,(H,42,46)/t25-/m1/s1. The number of hydrogen-bond donors (Lipinski definition) is 3. The molecule has 5 aromatic rings. The van der Waals surface area contributed by atoms with Crippen molar-refractivity contribution in [2.75, 3.05) is 33.8 Å². The van der Waals surface area contributed by atoms with E-state index in [-0.39, 0.29) is 17.5 Å². The summed E-state index contributed by atoms with van der Waals surface area (Å²) in [7, 11) is 3.52. The van der Waals surface area contributed by atoms with Crippen LogP contribution >= 0.6 is 23.2 Å². The van der Waals surface area contributed by atoms with Gasteiger partial charge in [-0.2, -0.15) is 0 Å². The Bertz CT molecular complexity index is 2030. The van der Waals surface area contributed by atoms with Gasteiger partial charge in [-0.05, 0) is 37.2 Å². The molecule has 1 fully saturated rings. The van der Waals surface area contributed by atoms with Crippen LogP contribution in [-0.4, -0.2) is 65.0 Å². The SMILES string of the molecule is COc1nc(-c2cccc(-c3cccc(-c4ccn5c(=O)c(CN(C)CCN)cnc5c4)c3Cl)c2Cl)ccc1CNC[C@H]1CCC(=O)N1. The summed E-state index contributed by atoms with van der Waals surface area (Å²) in [5, 5.41) is 7.39. The maximum atomic E-state index is 13.2. The number of amides is 1. The molecule has 0 bridgehead atoms. The van der Waals surface area contributed by atoms with Gasteiger partial charge in [0, 0.05) is 85.4 Å². The number of carbonyl (C=O) groups excluding carboxylic acids is 1. The van der Waals surface area contributed by atoms with Crippen molar-refractivity contribution in [3.05, 3.63) is 105 Å². The smallest absolute Gasteiger partial charge is 0.262 e. The Labute approximate surface area is 288 Å². The molecule has 48 heavy (non-hydrogen) atoms. The zero-order valence-electron chi connectivity index (χ0n) is 26.8. The normalized spacial score (nSPS) is 14.5. The Morgan fingerprint density at radius 1 is 1.02 bits per heavy atom. The van der Waals surface area contributed by atoms with Gasteiger partial charge in [0.2, 0.25) is 11.8 Å². The molecule has 1 amide bonds. The zero-order chi connectivity index (χ0) is 33.8. The number of carbonyl (C=O) groups is 1. The number of likely N-dealkylation sites (N-methyl/N-ethyl adjacent to an activating group) is 1. The molecule has 12 heteroatoms. The molecule has 1 aliphatic rings. The van der Waals surface area contributed by atoms with Crippen LogP contribution in [-0.2, 0) is 17.9 Å². The second-order valence-electron chi connectivity index (χ2n) is 11.9. The Hall–Kier alpha value is -4.32. The number of hydrogen-bond acceptors (Lipinski definition) is 8. The molecular weight excluding hydrogens is 649 g/mol. The molecule has 2 aromatic carbocycles. The number of nitrogens with one attached hydrogen (secondary N) is 2. The highest BCUT2D eigenvalue weighted by atomic mass is 35.5. The average Bonchev–Trinajstić information content (AvgIpc) is 3.51. The van der Waals surface area contributed by atoms with Crippen molar-refractivity contribution >= 4 is 34.8 Å². The van der Waals surface area contributed by atoms with Gasteiger partial charge < -0.3 is 26.0 Å². The molecule has 10 nitrogen and oxygen atoms in total. The number of methoxy groups -OCH3 is 1. The van der Waals surface area contributed by atoms with Gasteiger partial charge in [-0.1, -0.05) is 65.7 Å². The lowest BCUT2D eigenvalue weighted by molar-refractivity contribution is -0.119. The van der Waals surface area contributed by atoms with Gasteiger partial charge in [0.05, 0.1) is 28.4 Å². The van der Waals surface area contributed by atoms with Crippen molar-refractivity contribution in [3.8, 4) is 39.4 Å². The monoisotopic (exact) mass is 685 g/mol. The second kappa shape index (κ2) is 14.8. The number of ether oxygens (including phenoxy) is 1. The molecule has 0 spiro atoms. The van der Waals surface area contributed by atoms with Crippen LogP contribution in [0, 0.1) is 0 Å². The summed E-state index contributed by atoms with van der Waals surface area (Å²) in [4.78, 5) is 36.0. The molecule has 0 radical (unpaired) electrons. The van der Waals surface area contributed by atoms with E-state index in [0.29, 0.717) is 72.0 Å². The van der Waals surface area contributed by atoms with Crippen molar-refractivity contribution < 1.29 is 9.53 Å². The van der Waals surface area contributed by atoms with Crippen molar-refractivity contribution in [3.63, 3.8) is 0 Å². The number of halogens is 2. The number of rotatable bonds is 12. The molecule has 3 aromatic heterocycles. The first-order valence-electron chi connectivity index (χ1n) is 15.8. The summed E-state index contributed by atoms with van der Waals surface area (Å²) in [6, 6.07) is 19.3. The molecule has 0 saturated carbocycles. The van der Waals surface area contributed by atoms with E-state index in [1.807, 2.05) is 72.6 Å². The first kappa shape index (κ1) is 33.6. The van der Waals surface area contributed by atoms with Crippen LogP contribution in [0.2, 0.25) is 10.0 Å². The summed E-state index contributed by atoms with van der Waals surface area (Å²) >= 11 is 14.2. The number of aromatic nitrogens is 3. The zero-order valence-corrected chi connectivity index (χ0v) is 28.3. The first-order chi connectivity index (χ1) is 23.3. The van der Waals surface area contributed by atoms with E-state index in [9.17, 15) is 9.59 Å². The Morgan fingerprint density at radius 2 is 1.75 bits per heavy atom. The number of pyridine rings is 2. The van der Waals surface area contributed by atoms with Gasteiger partial charge in [0.1, 0.15) is 5.65 Å². The molecule has 4 heterocycles. The van der Waals surface area contributed by atoms with Crippen LogP contribution < -0.4 is 26.7 Å². The van der Waals surface area contributed by atoms with Crippen molar-refractivity contribution in [2.24, 2.45) is 5.73 Å². The largest absolute Gasteiger partial charge is 0.481 e. The predicted molar refractivity (Wildman–Crippen MR) is 190 cm³/mol. The average molecular weight is 687 g/mol. The number of nitrogens with two attached hydrogens (primary N) is 1. The lowest BCUT2D eigenvalue weighted by atomic mass is 9.97. The number of fused-ring (bicyclic) bond motifs is 1. The molecule has 248 valence electrons. The molecule has 1 atom stereocenters. The highest BCUT2D eigenvalue weighted by Gasteiger charge is 2.21. The van der Waals surface area contributed by atoms with Gasteiger partial charge in [0.15, 0.2) is 0 Å². The van der Waals surface area contributed by atoms with Gasteiger partial charge >= 0.3 is 0 Å². The van der Waals surface area contributed by atoms with E-state index in [0.717, 1.165) is 39.8 Å². The minimum Gasteiger partial charge on any atom is -0.481 e. The summed E-state index contributed by atoms with van der Waals surface area (Å²) in [6.45, 7) is 2.88. The van der Waals surface area contributed by atoms with Gasteiger partial charge in [-0.3, -0.25) is 14.0 Å². The fourth-order valence-electron chi connectivity index (χ4n) is 6.02. The van der Waals surface area contributed by atoms with E-state index >= 15 is 0 Å². The van der Waals surface area contributed by atoms with E-state index in [4.69, 9.17) is 38.7 Å². The van der Waals surface area contributed by atoms with Crippen molar-refractivity contribution in [2.45, 2.75) is 32.0 Å². The van der Waals surface area contributed by atoms with Crippen molar-refractivity contribution in [1.29, 1.82) is 0 Å². The number of benzene rings is 2.